The van der Waals surface area contributed by atoms with Gasteiger partial charge in [0.25, 0.3) is 0 Å². The van der Waals surface area contributed by atoms with Gasteiger partial charge in [0.05, 0.1) is 12.2 Å². The average Bonchev–Trinajstić information content (AvgIpc) is 2.82. The van der Waals surface area contributed by atoms with Gasteiger partial charge in [-0.3, -0.25) is 4.68 Å². The van der Waals surface area contributed by atoms with Crippen molar-refractivity contribution in [3.8, 4) is 0 Å². The quantitative estimate of drug-likeness (QED) is 0.816. The van der Waals surface area contributed by atoms with Gasteiger partial charge in [-0.2, -0.15) is 5.10 Å². The van der Waals surface area contributed by atoms with Gasteiger partial charge in [-0.05, 0) is 36.6 Å². The van der Waals surface area contributed by atoms with E-state index in [0.717, 1.165) is 35.4 Å². The first-order chi connectivity index (χ1) is 11.4. The highest BCUT2D eigenvalue weighted by Gasteiger charge is 2.16. The molecule has 1 N–H and O–H groups in total. The molecule has 0 aliphatic carbocycles. The monoisotopic (exact) mass is 368 g/mol. The molecule has 24 heavy (non-hydrogen) atoms. The van der Waals surface area contributed by atoms with E-state index >= 15 is 0 Å². The Morgan fingerprint density at radius 3 is 2.42 bits per heavy atom. The van der Waals surface area contributed by atoms with Gasteiger partial charge in [0.2, 0.25) is 0 Å². The molecule has 0 unspecified atom stereocenters. The molecule has 0 saturated carbocycles. The first kappa shape index (κ1) is 18.6. The van der Waals surface area contributed by atoms with E-state index in [1.165, 1.54) is 0 Å². The number of rotatable bonds is 7. The molecule has 0 spiro atoms. The standard InChI is InChI=1S/C17H21Cl2N3O2/c1-3-15-14(9-11-7-12(18)10-13(19)8-11)16(4-2)22(21-15)6-5-20-17(23)24/h7-8,10,20H,3-6,9H2,1-2H3,(H,23,24)/p-1. The molecule has 0 fully saturated rings. The summed E-state index contributed by atoms with van der Waals surface area (Å²) in [4.78, 5) is 10.5. The molecule has 1 aromatic carbocycles. The fraction of sp³-hybridized carbons (Fsp3) is 0.412. The van der Waals surface area contributed by atoms with E-state index in [1.807, 2.05) is 16.8 Å². The second-order valence-electron chi connectivity index (χ2n) is 5.47. The third-order valence-corrected chi connectivity index (χ3v) is 4.25. The van der Waals surface area contributed by atoms with E-state index in [-0.39, 0.29) is 6.54 Å². The second kappa shape index (κ2) is 8.40. The topological polar surface area (TPSA) is 70.0 Å². The molecule has 1 amide bonds. The van der Waals surface area contributed by atoms with Crippen LogP contribution in [0.1, 0.15) is 36.4 Å². The number of halogens is 2. The van der Waals surface area contributed by atoms with Crippen molar-refractivity contribution in [3.63, 3.8) is 0 Å². The summed E-state index contributed by atoms with van der Waals surface area (Å²) in [5.74, 6) is 0. The number of hydrogen-bond acceptors (Lipinski definition) is 3. The van der Waals surface area contributed by atoms with Gasteiger partial charge < -0.3 is 15.2 Å². The Bertz CT molecular complexity index is 709. The number of aromatic nitrogens is 2. The van der Waals surface area contributed by atoms with Crippen LogP contribution in [0.25, 0.3) is 0 Å². The van der Waals surface area contributed by atoms with E-state index in [2.05, 4.69) is 24.3 Å². The molecular weight excluding hydrogens is 349 g/mol. The average molecular weight is 369 g/mol. The summed E-state index contributed by atoms with van der Waals surface area (Å²) in [6.07, 6.45) is 1.03. The van der Waals surface area contributed by atoms with Gasteiger partial charge >= 0.3 is 0 Å². The molecule has 1 heterocycles. The van der Waals surface area contributed by atoms with Crippen molar-refractivity contribution < 1.29 is 9.90 Å². The zero-order chi connectivity index (χ0) is 17.7. The van der Waals surface area contributed by atoms with Crippen LogP contribution in [-0.4, -0.2) is 22.4 Å². The number of carboxylic acid groups (broad SMARTS) is 1. The molecule has 1 aromatic heterocycles. The Morgan fingerprint density at radius 1 is 1.21 bits per heavy atom. The maximum atomic E-state index is 10.5. The Labute approximate surface area is 151 Å². The molecule has 0 radical (unpaired) electrons. The predicted molar refractivity (Wildman–Crippen MR) is 93.6 cm³/mol. The summed E-state index contributed by atoms with van der Waals surface area (Å²) in [7, 11) is 0. The number of benzene rings is 1. The molecule has 0 atom stereocenters. The molecule has 2 rings (SSSR count). The van der Waals surface area contributed by atoms with Crippen LogP contribution in [0, 0.1) is 0 Å². The minimum atomic E-state index is -1.27. The summed E-state index contributed by atoms with van der Waals surface area (Å²) >= 11 is 12.2. The fourth-order valence-corrected chi connectivity index (χ4v) is 3.41. The van der Waals surface area contributed by atoms with Crippen LogP contribution >= 0.6 is 23.2 Å². The van der Waals surface area contributed by atoms with Crippen LogP contribution in [0.5, 0.6) is 0 Å². The first-order valence-corrected chi connectivity index (χ1v) is 8.67. The molecule has 5 nitrogen and oxygen atoms in total. The minimum absolute atomic E-state index is 0.266. The lowest BCUT2D eigenvalue weighted by atomic mass is 10.0. The molecule has 7 heteroatoms. The predicted octanol–water partition coefficient (Wildman–Crippen LogP) is 2.84. The highest BCUT2D eigenvalue weighted by Crippen LogP contribution is 2.25. The van der Waals surface area contributed by atoms with Crippen molar-refractivity contribution in [2.45, 2.75) is 39.7 Å². The third-order valence-electron chi connectivity index (χ3n) is 3.82. The number of aryl methyl sites for hydroxylation is 1. The van der Waals surface area contributed by atoms with E-state index in [4.69, 9.17) is 23.2 Å². The van der Waals surface area contributed by atoms with E-state index < -0.39 is 6.09 Å². The summed E-state index contributed by atoms with van der Waals surface area (Å²) in [6, 6.07) is 5.52. The smallest absolute Gasteiger partial charge is 0.134 e. The highest BCUT2D eigenvalue weighted by atomic mass is 35.5. The van der Waals surface area contributed by atoms with Crippen LogP contribution in [0.15, 0.2) is 18.2 Å². The lowest BCUT2D eigenvalue weighted by Gasteiger charge is -2.10. The van der Waals surface area contributed by atoms with Crippen LogP contribution in [-0.2, 0) is 25.8 Å². The molecule has 0 aliphatic rings. The van der Waals surface area contributed by atoms with E-state index in [0.29, 0.717) is 23.0 Å². The lowest BCUT2D eigenvalue weighted by molar-refractivity contribution is -0.250. The number of carbonyl (C=O) groups is 1. The van der Waals surface area contributed by atoms with Crippen LogP contribution in [0.2, 0.25) is 10.0 Å². The summed E-state index contributed by atoms with van der Waals surface area (Å²) in [6.45, 7) is 4.86. The zero-order valence-electron chi connectivity index (χ0n) is 13.7. The first-order valence-electron chi connectivity index (χ1n) is 7.91. The van der Waals surface area contributed by atoms with Crippen LogP contribution < -0.4 is 10.4 Å². The van der Waals surface area contributed by atoms with Crippen molar-refractivity contribution >= 4 is 29.3 Å². The van der Waals surface area contributed by atoms with Gasteiger partial charge in [-0.1, -0.05) is 37.0 Å². The molecule has 2 aromatic rings. The largest absolute Gasteiger partial charge is 0.530 e. The van der Waals surface area contributed by atoms with Gasteiger partial charge in [-0.15, -0.1) is 0 Å². The Kier molecular flexibility index (Phi) is 6.52. The van der Waals surface area contributed by atoms with Crippen molar-refractivity contribution in [3.05, 3.63) is 50.8 Å². The normalized spacial score (nSPS) is 10.8. The molecule has 0 bridgehead atoms. The van der Waals surface area contributed by atoms with Gasteiger partial charge in [0.1, 0.15) is 6.09 Å². The second-order valence-corrected chi connectivity index (χ2v) is 6.34. The zero-order valence-corrected chi connectivity index (χ0v) is 15.2. The fourth-order valence-electron chi connectivity index (χ4n) is 2.84. The number of hydrogen-bond donors (Lipinski definition) is 1. The summed E-state index contributed by atoms with van der Waals surface area (Å²) in [5, 5.41) is 18.6. The van der Waals surface area contributed by atoms with Gasteiger partial charge in [0, 0.05) is 34.3 Å². The van der Waals surface area contributed by atoms with Gasteiger partial charge in [0.15, 0.2) is 0 Å². The Hall–Kier alpha value is -1.72. The third kappa shape index (κ3) is 4.65. The Morgan fingerprint density at radius 2 is 1.88 bits per heavy atom. The molecule has 0 aliphatic heterocycles. The number of carbonyl (C=O) groups excluding carboxylic acids is 1. The number of nitrogens with one attached hydrogen (secondary N) is 1. The summed E-state index contributed by atoms with van der Waals surface area (Å²) in [5.41, 5.74) is 4.30. The Balaban J connectivity index is 2.30. The number of amides is 1. The lowest BCUT2D eigenvalue weighted by Crippen LogP contribution is -2.38. The summed E-state index contributed by atoms with van der Waals surface area (Å²) < 4.78 is 1.87. The molecule has 130 valence electrons. The van der Waals surface area contributed by atoms with Gasteiger partial charge in [-0.25, -0.2) is 0 Å². The van der Waals surface area contributed by atoms with E-state index in [9.17, 15) is 9.90 Å². The van der Waals surface area contributed by atoms with Crippen molar-refractivity contribution in [1.82, 2.24) is 15.1 Å². The molecular formula is C17H20Cl2N3O2-. The van der Waals surface area contributed by atoms with Crippen molar-refractivity contribution in [2.75, 3.05) is 6.54 Å². The van der Waals surface area contributed by atoms with Crippen LogP contribution in [0.3, 0.4) is 0 Å². The maximum absolute atomic E-state index is 10.5. The highest BCUT2D eigenvalue weighted by molar-refractivity contribution is 6.34. The molecule has 0 saturated heterocycles. The van der Waals surface area contributed by atoms with Crippen molar-refractivity contribution in [2.24, 2.45) is 0 Å². The maximum Gasteiger partial charge on any atom is 0.134 e. The van der Waals surface area contributed by atoms with Crippen molar-refractivity contribution in [1.29, 1.82) is 0 Å². The van der Waals surface area contributed by atoms with Crippen LogP contribution in [0.4, 0.5) is 4.79 Å². The SMILES string of the molecule is CCc1nn(CCNC(=O)[O-])c(CC)c1Cc1cc(Cl)cc(Cl)c1. The number of nitrogens with zero attached hydrogens (tertiary/aromatic N) is 2. The van der Waals surface area contributed by atoms with E-state index in [1.54, 1.807) is 6.07 Å². The minimum Gasteiger partial charge on any atom is -0.530 e.